The second kappa shape index (κ2) is 8.29. The summed E-state index contributed by atoms with van der Waals surface area (Å²) in [5, 5.41) is 13.8. The highest BCUT2D eigenvalue weighted by Gasteiger charge is 2.32. The van der Waals surface area contributed by atoms with Gasteiger partial charge in [-0.1, -0.05) is 78.6 Å². The van der Waals surface area contributed by atoms with Crippen molar-refractivity contribution in [2.24, 2.45) is 0 Å². The number of furan rings is 1. The number of carbonyl (C=O) groups is 1. The van der Waals surface area contributed by atoms with Gasteiger partial charge in [0.15, 0.2) is 5.82 Å². The average Bonchev–Trinajstić information content (AvgIpc) is 3.54. The highest BCUT2D eigenvalue weighted by Crippen LogP contribution is 2.34. The van der Waals surface area contributed by atoms with Gasteiger partial charge in [-0.15, -0.1) is 5.10 Å². The minimum atomic E-state index is -0.109. The number of nitrogens with zero attached hydrogens (tertiary/aromatic N) is 4. The Morgan fingerprint density at radius 2 is 1.81 bits per heavy atom. The van der Waals surface area contributed by atoms with Crippen LogP contribution in [0.3, 0.4) is 0 Å². The molecule has 2 aromatic heterocycles. The van der Waals surface area contributed by atoms with E-state index in [-0.39, 0.29) is 5.91 Å². The molecule has 0 aliphatic carbocycles. The number of rotatable bonds is 5. The summed E-state index contributed by atoms with van der Waals surface area (Å²) in [4.78, 5) is 15.0. The zero-order valence-electron chi connectivity index (χ0n) is 16.1. The maximum atomic E-state index is 12.8. The summed E-state index contributed by atoms with van der Waals surface area (Å²) >= 11 is 6.71. The van der Waals surface area contributed by atoms with Gasteiger partial charge in [-0.05, 0) is 28.1 Å². The van der Waals surface area contributed by atoms with E-state index in [1.165, 1.54) is 11.8 Å². The van der Waals surface area contributed by atoms with E-state index in [4.69, 9.17) is 16.6 Å². The van der Waals surface area contributed by atoms with Crippen LogP contribution in [-0.2, 0) is 11.3 Å². The molecule has 0 radical (unpaired) electrons. The monoisotopic (exact) mass is 445 g/mol. The lowest BCUT2D eigenvalue weighted by molar-refractivity contribution is -0.122. The van der Waals surface area contributed by atoms with Crippen molar-refractivity contribution in [2.45, 2.75) is 6.54 Å². The van der Waals surface area contributed by atoms with E-state index in [2.05, 4.69) is 20.6 Å². The fourth-order valence-electron chi connectivity index (χ4n) is 3.19. The first-order valence-corrected chi connectivity index (χ1v) is 10.6. The summed E-state index contributed by atoms with van der Waals surface area (Å²) in [7, 11) is 0. The summed E-state index contributed by atoms with van der Waals surface area (Å²) < 4.78 is 6.49. The molecule has 152 valence electrons. The normalized spacial score (nSPS) is 15.2. The molecule has 0 spiro atoms. The number of thiocarbonyl (C=S) groups is 1. The third-order valence-corrected chi connectivity index (χ3v) is 6.12. The van der Waals surface area contributed by atoms with Crippen molar-refractivity contribution in [3.05, 3.63) is 83.0 Å². The van der Waals surface area contributed by atoms with Crippen LogP contribution >= 0.6 is 24.0 Å². The predicted molar refractivity (Wildman–Crippen MR) is 122 cm³/mol. The standard InChI is InChI=1S/C22H15N5O2S2/c28-21-19(31-22(30)27(21)13-14-4-2-1-3-5-14)12-17-10-11-18(29-17)15-6-8-16(9-7-15)20-23-25-26-24-20/h1-12H,13H2,(H,23,24,25,26)/b19-12-. The zero-order chi connectivity index (χ0) is 21.2. The zero-order valence-corrected chi connectivity index (χ0v) is 17.7. The molecular weight excluding hydrogens is 430 g/mol. The Morgan fingerprint density at radius 1 is 1.03 bits per heavy atom. The number of H-pyrrole nitrogens is 1. The number of aromatic amines is 1. The number of amides is 1. The average molecular weight is 446 g/mol. The number of aromatic nitrogens is 4. The van der Waals surface area contributed by atoms with Gasteiger partial charge >= 0.3 is 0 Å². The molecule has 7 nitrogen and oxygen atoms in total. The quantitative estimate of drug-likeness (QED) is 0.357. The number of carbonyl (C=O) groups excluding carboxylic acids is 1. The second-order valence-electron chi connectivity index (χ2n) is 6.78. The molecule has 0 bridgehead atoms. The summed E-state index contributed by atoms with van der Waals surface area (Å²) in [6.45, 7) is 0.458. The molecule has 5 rings (SSSR count). The Balaban J connectivity index is 1.33. The van der Waals surface area contributed by atoms with Gasteiger partial charge in [0.05, 0.1) is 11.4 Å². The number of tetrazole rings is 1. The Morgan fingerprint density at radius 3 is 2.55 bits per heavy atom. The number of nitrogens with one attached hydrogen (secondary N) is 1. The van der Waals surface area contributed by atoms with Gasteiger partial charge in [-0.3, -0.25) is 9.69 Å². The van der Waals surface area contributed by atoms with Crippen molar-refractivity contribution in [3.8, 4) is 22.7 Å². The fraction of sp³-hybridized carbons (Fsp3) is 0.0455. The van der Waals surface area contributed by atoms with Gasteiger partial charge < -0.3 is 4.42 Å². The SMILES string of the molecule is O=C1/C(=C/c2ccc(-c3ccc(-c4nnn[nH]4)cc3)o2)SC(=S)N1Cc1ccccc1. The Kier molecular flexibility index (Phi) is 5.19. The van der Waals surface area contributed by atoms with Crippen LogP contribution in [-0.4, -0.2) is 35.8 Å². The molecule has 0 saturated carbocycles. The molecule has 2 aromatic carbocycles. The van der Waals surface area contributed by atoms with Crippen LogP contribution in [0.1, 0.15) is 11.3 Å². The summed E-state index contributed by atoms with van der Waals surface area (Å²) in [5.74, 6) is 1.79. The highest BCUT2D eigenvalue weighted by atomic mass is 32.2. The molecule has 1 saturated heterocycles. The summed E-state index contributed by atoms with van der Waals surface area (Å²) in [6.07, 6.45) is 1.74. The van der Waals surface area contributed by atoms with Crippen LogP contribution in [0.2, 0.25) is 0 Å². The predicted octanol–water partition coefficient (Wildman–Crippen LogP) is 4.53. The summed E-state index contributed by atoms with van der Waals surface area (Å²) in [5.41, 5.74) is 2.82. The Bertz CT molecular complexity index is 1270. The number of hydrogen-bond donors (Lipinski definition) is 1. The van der Waals surface area contributed by atoms with Gasteiger partial charge in [0.1, 0.15) is 15.8 Å². The lowest BCUT2D eigenvalue weighted by Crippen LogP contribution is -2.27. The van der Waals surface area contributed by atoms with Crippen molar-refractivity contribution in [1.29, 1.82) is 0 Å². The minimum absolute atomic E-state index is 0.109. The first-order valence-electron chi connectivity index (χ1n) is 9.41. The van der Waals surface area contributed by atoms with Gasteiger partial charge in [-0.2, -0.15) is 0 Å². The molecule has 1 fully saturated rings. The van der Waals surface area contributed by atoms with E-state index >= 15 is 0 Å². The topological polar surface area (TPSA) is 87.9 Å². The summed E-state index contributed by atoms with van der Waals surface area (Å²) in [6, 6.07) is 21.2. The van der Waals surface area contributed by atoms with Crippen molar-refractivity contribution < 1.29 is 9.21 Å². The van der Waals surface area contributed by atoms with E-state index in [0.717, 1.165) is 16.7 Å². The lowest BCUT2D eigenvalue weighted by Gasteiger charge is -2.14. The molecule has 31 heavy (non-hydrogen) atoms. The molecular formula is C22H15N5O2S2. The number of benzene rings is 2. The third-order valence-electron chi connectivity index (χ3n) is 4.75. The molecule has 9 heteroatoms. The van der Waals surface area contributed by atoms with Gasteiger partial charge in [-0.25, -0.2) is 5.10 Å². The molecule has 1 amide bonds. The van der Waals surface area contributed by atoms with Gasteiger partial charge in [0.25, 0.3) is 5.91 Å². The van der Waals surface area contributed by atoms with Crippen LogP contribution in [0.4, 0.5) is 0 Å². The van der Waals surface area contributed by atoms with Gasteiger partial charge in [0, 0.05) is 17.2 Å². The van der Waals surface area contributed by atoms with E-state index in [1.807, 2.05) is 66.7 Å². The lowest BCUT2D eigenvalue weighted by atomic mass is 10.1. The van der Waals surface area contributed by atoms with Crippen LogP contribution in [0.5, 0.6) is 0 Å². The Hall–Kier alpha value is -3.56. The molecule has 0 unspecified atom stereocenters. The molecule has 1 aliphatic rings. The van der Waals surface area contributed by atoms with Crippen LogP contribution in [0, 0.1) is 0 Å². The minimum Gasteiger partial charge on any atom is -0.457 e. The van der Waals surface area contributed by atoms with Crippen LogP contribution < -0.4 is 0 Å². The van der Waals surface area contributed by atoms with Crippen molar-refractivity contribution in [2.75, 3.05) is 0 Å². The fourth-order valence-corrected chi connectivity index (χ4v) is 4.43. The van der Waals surface area contributed by atoms with E-state index < -0.39 is 0 Å². The largest absolute Gasteiger partial charge is 0.457 e. The smallest absolute Gasteiger partial charge is 0.266 e. The number of hydrogen-bond acceptors (Lipinski definition) is 7. The van der Waals surface area contributed by atoms with Crippen molar-refractivity contribution >= 4 is 40.3 Å². The van der Waals surface area contributed by atoms with E-state index in [1.54, 1.807) is 11.0 Å². The van der Waals surface area contributed by atoms with Crippen molar-refractivity contribution in [1.82, 2.24) is 25.5 Å². The first kappa shape index (κ1) is 19.4. The first-order chi connectivity index (χ1) is 15.2. The van der Waals surface area contributed by atoms with E-state index in [9.17, 15) is 4.79 Å². The third kappa shape index (κ3) is 4.05. The molecule has 3 heterocycles. The number of thioether (sulfide) groups is 1. The molecule has 1 N–H and O–H groups in total. The van der Waals surface area contributed by atoms with Crippen molar-refractivity contribution in [3.63, 3.8) is 0 Å². The Labute approximate surface area is 187 Å². The van der Waals surface area contributed by atoms with Crippen LogP contribution in [0.15, 0.2) is 76.1 Å². The maximum Gasteiger partial charge on any atom is 0.266 e. The second-order valence-corrected chi connectivity index (χ2v) is 8.46. The maximum absolute atomic E-state index is 12.8. The van der Waals surface area contributed by atoms with E-state index in [0.29, 0.717) is 33.1 Å². The molecule has 1 aliphatic heterocycles. The van der Waals surface area contributed by atoms with Gasteiger partial charge in [0.2, 0.25) is 0 Å². The van der Waals surface area contributed by atoms with Crippen LogP contribution in [0.25, 0.3) is 28.8 Å². The molecule has 4 aromatic rings. The highest BCUT2D eigenvalue weighted by molar-refractivity contribution is 8.26. The molecule has 0 atom stereocenters.